The van der Waals surface area contributed by atoms with Crippen molar-refractivity contribution < 1.29 is 9.90 Å². The predicted octanol–water partition coefficient (Wildman–Crippen LogP) is 0.594. The number of aliphatic hydroxyl groups is 1. The summed E-state index contributed by atoms with van der Waals surface area (Å²) in [4.78, 5) is 10.1. The molecule has 0 radical (unpaired) electrons. The SMILES string of the molecule is CC[C@](C)(C=O)CO. The normalized spacial score (nSPS) is 17.4. The molecule has 1 atom stereocenters. The van der Waals surface area contributed by atoms with Crippen LogP contribution in [0.25, 0.3) is 0 Å². The Balaban J connectivity index is 3.76. The van der Waals surface area contributed by atoms with E-state index in [1.54, 1.807) is 6.92 Å². The zero-order valence-electron chi connectivity index (χ0n) is 5.35. The standard InChI is InChI=1S/C6H12O2/c1-3-6(2,4-7)5-8/h4,8H,3,5H2,1-2H3/t6-/m1/s1. The molecule has 0 rings (SSSR count). The second-order valence-electron chi connectivity index (χ2n) is 2.28. The largest absolute Gasteiger partial charge is 0.395 e. The quantitative estimate of drug-likeness (QED) is 0.548. The van der Waals surface area contributed by atoms with E-state index in [2.05, 4.69) is 0 Å². The minimum Gasteiger partial charge on any atom is -0.395 e. The van der Waals surface area contributed by atoms with E-state index in [-0.39, 0.29) is 6.61 Å². The molecule has 0 aliphatic carbocycles. The van der Waals surface area contributed by atoms with Crippen LogP contribution in [-0.2, 0) is 4.79 Å². The minimum absolute atomic E-state index is 0.0486. The van der Waals surface area contributed by atoms with Crippen molar-refractivity contribution >= 4 is 6.29 Å². The highest BCUT2D eigenvalue weighted by Crippen LogP contribution is 2.14. The smallest absolute Gasteiger partial charge is 0.128 e. The molecular formula is C6H12O2. The van der Waals surface area contributed by atoms with Gasteiger partial charge in [-0.1, -0.05) is 13.8 Å². The van der Waals surface area contributed by atoms with E-state index in [9.17, 15) is 4.79 Å². The van der Waals surface area contributed by atoms with Crippen LogP contribution >= 0.6 is 0 Å². The van der Waals surface area contributed by atoms with Crippen LogP contribution < -0.4 is 0 Å². The van der Waals surface area contributed by atoms with Crippen molar-refractivity contribution in [1.82, 2.24) is 0 Å². The van der Waals surface area contributed by atoms with Crippen molar-refractivity contribution in [3.63, 3.8) is 0 Å². The van der Waals surface area contributed by atoms with Crippen LogP contribution in [0.5, 0.6) is 0 Å². The van der Waals surface area contributed by atoms with Gasteiger partial charge in [-0.15, -0.1) is 0 Å². The van der Waals surface area contributed by atoms with Gasteiger partial charge in [0.1, 0.15) is 6.29 Å². The number of carbonyl (C=O) groups excluding carboxylic acids is 1. The first kappa shape index (κ1) is 7.63. The Kier molecular flexibility index (Phi) is 2.69. The third kappa shape index (κ3) is 1.62. The van der Waals surface area contributed by atoms with Crippen LogP contribution in [0.4, 0.5) is 0 Å². The summed E-state index contributed by atoms with van der Waals surface area (Å²) in [6.45, 7) is 3.57. The number of rotatable bonds is 3. The highest BCUT2D eigenvalue weighted by Gasteiger charge is 2.18. The highest BCUT2D eigenvalue weighted by molar-refractivity contribution is 5.58. The Hall–Kier alpha value is -0.370. The molecule has 0 amide bonds. The molecule has 0 aliphatic rings. The Morgan fingerprint density at radius 1 is 1.75 bits per heavy atom. The molecule has 0 spiro atoms. The van der Waals surface area contributed by atoms with Crippen molar-refractivity contribution in [2.75, 3.05) is 6.61 Å². The summed E-state index contributed by atoms with van der Waals surface area (Å²) in [7, 11) is 0. The molecule has 48 valence electrons. The average Bonchev–Trinajstić information content (AvgIpc) is 1.87. The lowest BCUT2D eigenvalue weighted by Crippen LogP contribution is -2.21. The number of aliphatic hydroxyl groups excluding tert-OH is 1. The summed E-state index contributed by atoms with van der Waals surface area (Å²) in [5.41, 5.74) is -0.500. The lowest BCUT2D eigenvalue weighted by molar-refractivity contribution is -0.117. The molecule has 0 aromatic rings. The Bertz CT molecular complexity index is 74.6. The monoisotopic (exact) mass is 116 g/mol. The molecule has 0 aliphatic heterocycles. The lowest BCUT2D eigenvalue weighted by atomic mass is 9.91. The van der Waals surface area contributed by atoms with Gasteiger partial charge in [-0.25, -0.2) is 0 Å². The molecule has 8 heavy (non-hydrogen) atoms. The summed E-state index contributed by atoms with van der Waals surface area (Å²) in [5, 5.41) is 8.55. The van der Waals surface area contributed by atoms with Crippen LogP contribution in [0.1, 0.15) is 20.3 Å². The van der Waals surface area contributed by atoms with Gasteiger partial charge >= 0.3 is 0 Å². The van der Waals surface area contributed by atoms with E-state index >= 15 is 0 Å². The minimum atomic E-state index is -0.500. The first-order valence-corrected chi connectivity index (χ1v) is 2.75. The Morgan fingerprint density at radius 2 is 2.25 bits per heavy atom. The molecule has 0 fully saturated rings. The number of hydrogen-bond acceptors (Lipinski definition) is 2. The summed E-state index contributed by atoms with van der Waals surface area (Å²) in [6.07, 6.45) is 1.50. The second kappa shape index (κ2) is 2.82. The van der Waals surface area contributed by atoms with Gasteiger partial charge in [0.2, 0.25) is 0 Å². The summed E-state index contributed by atoms with van der Waals surface area (Å²) in [5.74, 6) is 0. The van der Waals surface area contributed by atoms with Crippen LogP contribution in [0.3, 0.4) is 0 Å². The van der Waals surface area contributed by atoms with E-state index in [0.717, 1.165) is 6.29 Å². The molecule has 0 saturated carbocycles. The molecule has 0 unspecified atom stereocenters. The summed E-state index contributed by atoms with van der Waals surface area (Å²) < 4.78 is 0. The van der Waals surface area contributed by atoms with E-state index in [1.807, 2.05) is 6.92 Å². The number of aldehydes is 1. The van der Waals surface area contributed by atoms with Gasteiger partial charge in [0.25, 0.3) is 0 Å². The maximum atomic E-state index is 10.1. The van der Waals surface area contributed by atoms with Crippen LogP contribution in [0, 0.1) is 5.41 Å². The van der Waals surface area contributed by atoms with E-state index < -0.39 is 5.41 Å². The highest BCUT2D eigenvalue weighted by atomic mass is 16.3. The molecule has 0 saturated heterocycles. The number of carbonyl (C=O) groups is 1. The van der Waals surface area contributed by atoms with Gasteiger partial charge in [0.15, 0.2) is 0 Å². The third-order valence-corrected chi connectivity index (χ3v) is 1.45. The van der Waals surface area contributed by atoms with E-state index in [4.69, 9.17) is 5.11 Å². The molecule has 2 nitrogen and oxygen atoms in total. The van der Waals surface area contributed by atoms with Crippen molar-refractivity contribution in [2.24, 2.45) is 5.41 Å². The van der Waals surface area contributed by atoms with Crippen LogP contribution in [-0.4, -0.2) is 18.0 Å². The maximum absolute atomic E-state index is 10.1. The fraction of sp³-hybridized carbons (Fsp3) is 0.833. The van der Waals surface area contributed by atoms with Crippen molar-refractivity contribution in [1.29, 1.82) is 0 Å². The van der Waals surface area contributed by atoms with E-state index in [1.165, 1.54) is 0 Å². The lowest BCUT2D eigenvalue weighted by Gasteiger charge is -2.15. The van der Waals surface area contributed by atoms with Crippen LogP contribution in [0.15, 0.2) is 0 Å². The van der Waals surface area contributed by atoms with Gasteiger partial charge in [-0.3, -0.25) is 0 Å². The first-order valence-electron chi connectivity index (χ1n) is 2.75. The fourth-order valence-corrected chi connectivity index (χ4v) is 0.232. The third-order valence-electron chi connectivity index (χ3n) is 1.45. The maximum Gasteiger partial charge on any atom is 0.128 e. The topological polar surface area (TPSA) is 37.3 Å². The molecule has 1 N–H and O–H groups in total. The zero-order valence-corrected chi connectivity index (χ0v) is 5.35. The summed E-state index contributed by atoms with van der Waals surface area (Å²) >= 11 is 0. The van der Waals surface area contributed by atoms with E-state index in [0.29, 0.717) is 6.42 Å². The van der Waals surface area contributed by atoms with Crippen LogP contribution in [0.2, 0.25) is 0 Å². The molecule has 0 bridgehead atoms. The van der Waals surface area contributed by atoms with Gasteiger partial charge < -0.3 is 9.90 Å². The number of hydrogen-bond donors (Lipinski definition) is 1. The summed E-state index contributed by atoms with van der Waals surface area (Å²) in [6, 6.07) is 0. The van der Waals surface area contributed by atoms with Crippen molar-refractivity contribution in [3.8, 4) is 0 Å². The second-order valence-corrected chi connectivity index (χ2v) is 2.28. The van der Waals surface area contributed by atoms with Crippen molar-refractivity contribution in [2.45, 2.75) is 20.3 Å². The molecule has 0 aromatic carbocycles. The first-order chi connectivity index (χ1) is 3.68. The van der Waals surface area contributed by atoms with Gasteiger partial charge in [0, 0.05) is 5.41 Å². The average molecular weight is 116 g/mol. The molecule has 0 heterocycles. The van der Waals surface area contributed by atoms with Gasteiger partial charge in [0.05, 0.1) is 6.61 Å². The zero-order chi connectivity index (χ0) is 6.62. The molecule has 0 aromatic heterocycles. The fourth-order valence-electron chi connectivity index (χ4n) is 0.232. The van der Waals surface area contributed by atoms with Crippen molar-refractivity contribution in [3.05, 3.63) is 0 Å². The Morgan fingerprint density at radius 3 is 2.25 bits per heavy atom. The Labute approximate surface area is 49.5 Å². The van der Waals surface area contributed by atoms with Gasteiger partial charge in [-0.2, -0.15) is 0 Å². The molecular weight excluding hydrogens is 104 g/mol. The molecule has 2 heteroatoms. The predicted molar refractivity (Wildman–Crippen MR) is 31.5 cm³/mol. The van der Waals surface area contributed by atoms with Gasteiger partial charge in [-0.05, 0) is 6.42 Å².